The van der Waals surface area contributed by atoms with Crippen molar-refractivity contribution in [3.8, 4) is 11.5 Å². The molecule has 18 heavy (non-hydrogen) atoms. The van der Waals surface area contributed by atoms with E-state index in [1.165, 1.54) is 0 Å². The molecule has 12 heteroatoms. The predicted octanol–water partition coefficient (Wildman–Crippen LogP) is 0.374. The molecule has 1 rings (SSSR count). The van der Waals surface area contributed by atoms with Gasteiger partial charge in [-0.25, -0.2) is 0 Å². The van der Waals surface area contributed by atoms with Gasteiger partial charge in [-0.3, -0.25) is 9.11 Å². The van der Waals surface area contributed by atoms with E-state index in [0.29, 0.717) is 0 Å². The van der Waals surface area contributed by atoms with Crippen molar-refractivity contribution in [2.45, 2.75) is 0 Å². The van der Waals surface area contributed by atoms with Crippen LogP contribution >= 0.6 is 0 Å². The maximum Gasteiger partial charge on any atom is 0.446 e. The summed E-state index contributed by atoms with van der Waals surface area (Å²) in [4.78, 5) is 0. The minimum Gasteiger partial charge on any atom is -0.362 e. The van der Waals surface area contributed by atoms with Gasteiger partial charge in [0.25, 0.3) is 0 Å². The molecule has 1 aromatic carbocycles. The Balaban J connectivity index is 0. The Kier molecular flexibility index (Phi) is 6.81. The largest absolute Gasteiger partial charge is 0.446 e. The summed E-state index contributed by atoms with van der Waals surface area (Å²) in [6.07, 6.45) is 0. The van der Waals surface area contributed by atoms with Gasteiger partial charge in [-0.05, 0) is 24.3 Å². The summed E-state index contributed by atoms with van der Waals surface area (Å²) in [5, 5.41) is 0. The molecular formula is C6H12N2O8S2. The lowest BCUT2D eigenvalue weighted by Gasteiger charge is -2.03. The summed E-state index contributed by atoms with van der Waals surface area (Å²) in [6, 6.07) is 4.09. The van der Waals surface area contributed by atoms with E-state index in [4.69, 9.17) is 9.11 Å². The van der Waals surface area contributed by atoms with E-state index in [2.05, 4.69) is 8.37 Å². The predicted molar refractivity (Wildman–Crippen MR) is 60.8 cm³/mol. The molecule has 106 valence electrons. The first-order chi connectivity index (χ1) is 7.16. The molecule has 0 saturated heterocycles. The minimum atomic E-state index is -4.63. The molecule has 0 spiro atoms. The SMILES string of the molecule is N.N.O=S(=O)(O)Oc1ccc(OS(=O)(=O)O)cc1. The molecule has 0 heterocycles. The van der Waals surface area contributed by atoms with Crippen LogP contribution in [0.25, 0.3) is 0 Å². The third kappa shape index (κ3) is 7.77. The summed E-state index contributed by atoms with van der Waals surface area (Å²) in [5.74, 6) is -0.490. The zero-order valence-corrected chi connectivity index (χ0v) is 10.5. The van der Waals surface area contributed by atoms with Crippen LogP contribution in [-0.2, 0) is 20.8 Å². The average Bonchev–Trinajstić information content (AvgIpc) is 2.03. The second-order valence-corrected chi connectivity index (χ2v) is 4.54. The fourth-order valence-corrected chi connectivity index (χ4v) is 1.50. The summed E-state index contributed by atoms with van der Waals surface area (Å²) in [6.45, 7) is 0. The van der Waals surface area contributed by atoms with E-state index < -0.39 is 20.8 Å². The van der Waals surface area contributed by atoms with Gasteiger partial charge in [-0.1, -0.05) is 0 Å². The summed E-state index contributed by atoms with van der Waals surface area (Å²) < 4.78 is 65.8. The Labute approximate surface area is 104 Å². The van der Waals surface area contributed by atoms with Crippen molar-refractivity contribution in [3.63, 3.8) is 0 Å². The van der Waals surface area contributed by atoms with Crippen LogP contribution in [0.3, 0.4) is 0 Å². The first kappa shape index (κ1) is 18.9. The van der Waals surface area contributed by atoms with Crippen molar-refractivity contribution in [1.82, 2.24) is 12.3 Å². The topological polar surface area (TPSA) is 197 Å². The van der Waals surface area contributed by atoms with Gasteiger partial charge in [-0.15, -0.1) is 0 Å². The molecule has 0 saturated carbocycles. The monoisotopic (exact) mass is 304 g/mol. The van der Waals surface area contributed by atoms with Crippen molar-refractivity contribution in [3.05, 3.63) is 24.3 Å². The smallest absolute Gasteiger partial charge is 0.362 e. The molecule has 0 fully saturated rings. The number of hydrogen-bond donors (Lipinski definition) is 4. The summed E-state index contributed by atoms with van der Waals surface area (Å²) >= 11 is 0. The van der Waals surface area contributed by atoms with E-state index in [0.717, 1.165) is 24.3 Å². The lowest BCUT2D eigenvalue weighted by Crippen LogP contribution is -2.08. The maximum atomic E-state index is 10.3. The van der Waals surface area contributed by atoms with Crippen LogP contribution in [0.5, 0.6) is 11.5 Å². The quantitative estimate of drug-likeness (QED) is 0.563. The van der Waals surface area contributed by atoms with Crippen LogP contribution in [0.2, 0.25) is 0 Å². The maximum absolute atomic E-state index is 10.3. The Morgan fingerprint density at radius 1 is 0.722 bits per heavy atom. The van der Waals surface area contributed by atoms with Crippen molar-refractivity contribution in [1.29, 1.82) is 0 Å². The summed E-state index contributed by atoms with van der Waals surface area (Å²) in [7, 11) is -9.27. The standard InChI is InChI=1S/C6H6O8S2.2H3N/c7-15(8,9)13-5-1-2-6(4-3-5)14-16(10,11)12;;/h1-4H,(H,7,8,9)(H,10,11,12);2*1H3. The zero-order chi connectivity index (χ0) is 12.4. The molecule has 0 amide bonds. The van der Waals surface area contributed by atoms with E-state index in [1.807, 2.05) is 0 Å². The Morgan fingerprint density at radius 2 is 0.944 bits per heavy atom. The zero-order valence-electron chi connectivity index (χ0n) is 8.88. The number of hydrogen-bond acceptors (Lipinski definition) is 8. The highest BCUT2D eigenvalue weighted by molar-refractivity contribution is 7.81. The fourth-order valence-electron chi connectivity index (χ4n) is 0.794. The van der Waals surface area contributed by atoms with E-state index in [-0.39, 0.29) is 23.8 Å². The van der Waals surface area contributed by atoms with Crippen molar-refractivity contribution in [2.75, 3.05) is 0 Å². The third-order valence-corrected chi connectivity index (χ3v) is 2.03. The Morgan fingerprint density at radius 3 is 1.11 bits per heavy atom. The highest BCUT2D eigenvalue weighted by Crippen LogP contribution is 2.19. The average molecular weight is 304 g/mol. The van der Waals surface area contributed by atoms with Gasteiger partial charge in [0, 0.05) is 0 Å². The molecule has 0 aromatic heterocycles. The fraction of sp³-hybridized carbons (Fsp3) is 0. The molecule has 0 aliphatic rings. The van der Waals surface area contributed by atoms with Crippen LogP contribution in [0.1, 0.15) is 0 Å². The van der Waals surface area contributed by atoms with Crippen LogP contribution < -0.4 is 20.7 Å². The first-order valence-corrected chi connectivity index (χ1v) is 6.33. The first-order valence-electron chi connectivity index (χ1n) is 3.59. The van der Waals surface area contributed by atoms with E-state index in [9.17, 15) is 16.8 Å². The van der Waals surface area contributed by atoms with Crippen LogP contribution in [0, 0.1) is 0 Å². The molecular weight excluding hydrogens is 292 g/mol. The van der Waals surface area contributed by atoms with Crippen LogP contribution in [0.15, 0.2) is 24.3 Å². The minimum absolute atomic E-state index is 0. The molecule has 10 nitrogen and oxygen atoms in total. The van der Waals surface area contributed by atoms with Crippen LogP contribution in [0.4, 0.5) is 0 Å². The van der Waals surface area contributed by atoms with Crippen LogP contribution in [-0.4, -0.2) is 25.9 Å². The molecule has 0 aliphatic carbocycles. The van der Waals surface area contributed by atoms with Gasteiger partial charge in [0.1, 0.15) is 11.5 Å². The molecule has 8 N–H and O–H groups in total. The number of rotatable bonds is 4. The van der Waals surface area contributed by atoms with Crippen molar-refractivity contribution in [2.24, 2.45) is 0 Å². The van der Waals surface area contributed by atoms with E-state index in [1.54, 1.807) is 0 Å². The van der Waals surface area contributed by atoms with Gasteiger partial charge in [-0.2, -0.15) is 16.8 Å². The molecule has 1 aromatic rings. The third-order valence-electron chi connectivity index (χ3n) is 1.23. The van der Waals surface area contributed by atoms with Gasteiger partial charge < -0.3 is 20.7 Å². The Bertz CT molecular complexity index is 511. The summed E-state index contributed by atoms with van der Waals surface area (Å²) in [5.41, 5.74) is 0. The van der Waals surface area contributed by atoms with Gasteiger partial charge >= 0.3 is 20.8 Å². The molecule has 0 aliphatic heterocycles. The van der Waals surface area contributed by atoms with E-state index >= 15 is 0 Å². The normalized spacial score (nSPS) is 10.8. The highest BCUT2D eigenvalue weighted by atomic mass is 32.3. The lowest BCUT2D eigenvalue weighted by atomic mass is 10.3. The number of benzene rings is 1. The highest BCUT2D eigenvalue weighted by Gasteiger charge is 2.09. The Hall–Kier alpha value is -1.44. The molecule has 0 bridgehead atoms. The van der Waals surface area contributed by atoms with Crippen molar-refractivity contribution >= 4 is 20.8 Å². The molecule has 0 unspecified atom stereocenters. The molecule has 0 radical (unpaired) electrons. The van der Waals surface area contributed by atoms with Crippen molar-refractivity contribution < 1.29 is 34.3 Å². The second-order valence-electron chi connectivity index (χ2n) is 2.49. The lowest BCUT2D eigenvalue weighted by molar-refractivity contribution is 0.380. The van der Waals surface area contributed by atoms with Gasteiger partial charge in [0.2, 0.25) is 0 Å². The van der Waals surface area contributed by atoms with Gasteiger partial charge in [0.15, 0.2) is 0 Å². The van der Waals surface area contributed by atoms with Gasteiger partial charge in [0.05, 0.1) is 0 Å². The second kappa shape index (κ2) is 6.48. The molecule has 0 atom stereocenters.